The highest BCUT2D eigenvalue weighted by Crippen LogP contribution is 2.39. The van der Waals surface area contributed by atoms with Gasteiger partial charge in [0, 0.05) is 0 Å². The largest absolute Gasteiger partial charge is 0.480 e. The van der Waals surface area contributed by atoms with Crippen molar-refractivity contribution in [2.45, 2.75) is 44.7 Å². The summed E-state index contributed by atoms with van der Waals surface area (Å²) in [6, 6.07) is -0.551. The van der Waals surface area contributed by atoms with Crippen molar-refractivity contribution in [2.75, 3.05) is 0 Å². The first kappa shape index (κ1) is 13.4. The summed E-state index contributed by atoms with van der Waals surface area (Å²) in [5, 5.41) is 14.2. The summed E-state index contributed by atoms with van der Waals surface area (Å²) in [5.74, 6) is 1.39. The van der Waals surface area contributed by atoms with Gasteiger partial charge >= 0.3 is 12.0 Å². The SMILES string of the molecule is C#CC(C)(C)NC(=O)NC(C)(C(=O)O)C1CC1. The second-order valence-electron chi connectivity index (χ2n) is 5.13. The van der Waals surface area contributed by atoms with Crippen molar-refractivity contribution < 1.29 is 14.7 Å². The molecule has 0 aromatic heterocycles. The van der Waals surface area contributed by atoms with Crippen LogP contribution in [0.5, 0.6) is 0 Å². The molecule has 1 rings (SSSR count). The molecule has 0 aromatic rings. The van der Waals surface area contributed by atoms with Crippen LogP contribution in [0.2, 0.25) is 0 Å². The Morgan fingerprint density at radius 2 is 1.82 bits per heavy atom. The summed E-state index contributed by atoms with van der Waals surface area (Å²) in [6.45, 7) is 4.86. The number of hydrogen-bond donors (Lipinski definition) is 3. The number of carboxylic acids is 1. The highest BCUT2D eigenvalue weighted by molar-refractivity contribution is 5.87. The van der Waals surface area contributed by atoms with Gasteiger partial charge in [-0.2, -0.15) is 0 Å². The van der Waals surface area contributed by atoms with Crippen LogP contribution < -0.4 is 10.6 Å². The average molecular weight is 238 g/mol. The summed E-state index contributed by atoms with van der Waals surface area (Å²) >= 11 is 0. The smallest absolute Gasteiger partial charge is 0.329 e. The van der Waals surface area contributed by atoms with Crippen LogP contribution >= 0.6 is 0 Å². The van der Waals surface area contributed by atoms with Gasteiger partial charge in [-0.25, -0.2) is 9.59 Å². The van der Waals surface area contributed by atoms with Crippen molar-refractivity contribution in [3.05, 3.63) is 0 Å². The lowest BCUT2D eigenvalue weighted by Crippen LogP contribution is -2.59. The minimum absolute atomic E-state index is 0.000280. The predicted octanol–water partition coefficient (Wildman–Crippen LogP) is 0.951. The molecule has 17 heavy (non-hydrogen) atoms. The van der Waals surface area contributed by atoms with Gasteiger partial charge in [-0.05, 0) is 39.5 Å². The van der Waals surface area contributed by atoms with Gasteiger partial charge in [0.05, 0.1) is 5.54 Å². The Hall–Kier alpha value is -1.70. The molecule has 0 aromatic carbocycles. The third-order valence-electron chi connectivity index (χ3n) is 3.00. The van der Waals surface area contributed by atoms with Crippen LogP contribution in [0.25, 0.3) is 0 Å². The van der Waals surface area contributed by atoms with E-state index in [1.54, 1.807) is 13.8 Å². The number of rotatable bonds is 4. The Kier molecular flexibility index (Phi) is 3.37. The van der Waals surface area contributed by atoms with Crippen LogP contribution in [0.15, 0.2) is 0 Å². The molecule has 1 unspecified atom stereocenters. The van der Waals surface area contributed by atoms with E-state index in [2.05, 4.69) is 16.6 Å². The highest BCUT2D eigenvalue weighted by Gasteiger charge is 2.48. The van der Waals surface area contributed by atoms with Gasteiger partial charge in [-0.15, -0.1) is 6.42 Å². The summed E-state index contributed by atoms with van der Waals surface area (Å²) in [6.07, 6.45) is 6.88. The number of aliphatic carboxylic acids is 1. The number of carboxylic acid groups (broad SMARTS) is 1. The van der Waals surface area contributed by atoms with E-state index in [1.165, 1.54) is 6.92 Å². The molecule has 0 aliphatic heterocycles. The Labute approximate surface area is 101 Å². The van der Waals surface area contributed by atoms with Crippen LogP contribution in [-0.2, 0) is 4.79 Å². The zero-order chi connectivity index (χ0) is 13.3. The summed E-state index contributed by atoms with van der Waals surface area (Å²) in [5.41, 5.74) is -2.01. The molecule has 5 heteroatoms. The second kappa shape index (κ2) is 4.28. The van der Waals surface area contributed by atoms with Gasteiger partial charge in [0.15, 0.2) is 0 Å². The van der Waals surface area contributed by atoms with Crippen molar-refractivity contribution in [1.82, 2.24) is 10.6 Å². The molecular weight excluding hydrogens is 220 g/mol. The lowest BCUT2D eigenvalue weighted by atomic mass is 9.96. The fourth-order valence-corrected chi connectivity index (χ4v) is 1.58. The van der Waals surface area contributed by atoms with Crippen LogP contribution in [-0.4, -0.2) is 28.2 Å². The first-order valence-corrected chi connectivity index (χ1v) is 5.53. The molecule has 0 heterocycles. The predicted molar refractivity (Wildman–Crippen MR) is 63.3 cm³/mol. The van der Waals surface area contributed by atoms with Crippen molar-refractivity contribution in [3.63, 3.8) is 0 Å². The highest BCUT2D eigenvalue weighted by atomic mass is 16.4. The number of carbonyl (C=O) groups excluding carboxylic acids is 1. The number of nitrogens with one attached hydrogen (secondary N) is 2. The summed E-state index contributed by atoms with van der Waals surface area (Å²) < 4.78 is 0. The maximum atomic E-state index is 11.7. The molecule has 0 radical (unpaired) electrons. The van der Waals surface area contributed by atoms with E-state index in [0.29, 0.717) is 0 Å². The number of amides is 2. The minimum Gasteiger partial charge on any atom is -0.480 e. The van der Waals surface area contributed by atoms with Crippen LogP contribution in [0.1, 0.15) is 33.6 Å². The fraction of sp³-hybridized carbons (Fsp3) is 0.667. The van der Waals surface area contributed by atoms with E-state index in [-0.39, 0.29) is 5.92 Å². The number of terminal acetylenes is 1. The summed E-state index contributed by atoms with van der Waals surface area (Å²) in [4.78, 5) is 22.9. The maximum Gasteiger partial charge on any atom is 0.329 e. The van der Waals surface area contributed by atoms with Gasteiger partial charge in [0.2, 0.25) is 0 Å². The lowest BCUT2D eigenvalue weighted by Gasteiger charge is -2.28. The molecule has 0 spiro atoms. The second-order valence-corrected chi connectivity index (χ2v) is 5.13. The third-order valence-corrected chi connectivity index (χ3v) is 3.00. The van der Waals surface area contributed by atoms with E-state index in [9.17, 15) is 9.59 Å². The molecule has 2 amide bonds. The quantitative estimate of drug-likeness (QED) is 0.638. The first-order valence-electron chi connectivity index (χ1n) is 5.53. The Balaban J connectivity index is 2.67. The molecular formula is C12H18N2O3. The zero-order valence-corrected chi connectivity index (χ0v) is 10.3. The van der Waals surface area contributed by atoms with Gasteiger partial charge in [0.1, 0.15) is 5.54 Å². The normalized spacial score (nSPS) is 18.7. The maximum absolute atomic E-state index is 11.7. The van der Waals surface area contributed by atoms with E-state index in [1.807, 2.05) is 0 Å². The molecule has 5 nitrogen and oxygen atoms in total. The van der Waals surface area contributed by atoms with Crippen LogP contribution in [0.3, 0.4) is 0 Å². The van der Waals surface area contributed by atoms with Gasteiger partial charge < -0.3 is 15.7 Å². The fourth-order valence-electron chi connectivity index (χ4n) is 1.58. The Morgan fingerprint density at radius 1 is 1.29 bits per heavy atom. The van der Waals surface area contributed by atoms with Crippen molar-refractivity contribution >= 4 is 12.0 Å². The van der Waals surface area contributed by atoms with Crippen LogP contribution in [0.4, 0.5) is 4.79 Å². The van der Waals surface area contributed by atoms with E-state index < -0.39 is 23.1 Å². The van der Waals surface area contributed by atoms with Crippen molar-refractivity contribution in [3.8, 4) is 12.3 Å². The molecule has 94 valence electrons. The molecule has 1 saturated carbocycles. The number of urea groups is 1. The monoisotopic (exact) mass is 238 g/mol. The van der Waals surface area contributed by atoms with Gasteiger partial charge in [-0.1, -0.05) is 5.92 Å². The van der Waals surface area contributed by atoms with E-state index >= 15 is 0 Å². The van der Waals surface area contributed by atoms with E-state index in [0.717, 1.165) is 12.8 Å². The van der Waals surface area contributed by atoms with Crippen LogP contribution in [0, 0.1) is 18.3 Å². The standard InChI is InChI=1S/C12H18N2O3/c1-5-11(2,3)13-10(17)14-12(4,9(15)16)8-6-7-8/h1,8H,6-7H2,2-4H3,(H,15,16)(H2,13,14,17). The summed E-state index contributed by atoms with van der Waals surface area (Å²) in [7, 11) is 0. The molecule has 1 atom stereocenters. The first-order chi connectivity index (χ1) is 7.71. The van der Waals surface area contributed by atoms with Crippen molar-refractivity contribution in [1.29, 1.82) is 0 Å². The lowest BCUT2D eigenvalue weighted by molar-refractivity contribution is -0.144. The van der Waals surface area contributed by atoms with E-state index in [4.69, 9.17) is 11.5 Å². The molecule has 1 aliphatic carbocycles. The molecule has 1 aliphatic rings. The Morgan fingerprint density at radius 3 is 2.18 bits per heavy atom. The topological polar surface area (TPSA) is 78.4 Å². The molecule has 0 bridgehead atoms. The molecule has 0 saturated heterocycles. The van der Waals surface area contributed by atoms with Crippen molar-refractivity contribution in [2.24, 2.45) is 5.92 Å². The average Bonchev–Trinajstić information content (AvgIpc) is 2.99. The molecule has 1 fully saturated rings. The van der Waals surface area contributed by atoms with Gasteiger partial charge in [-0.3, -0.25) is 0 Å². The van der Waals surface area contributed by atoms with Gasteiger partial charge in [0.25, 0.3) is 0 Å². The Bertz CT molecular complexity index is 380. The number of carbonyl (C=O) groups is 2. The number of hydrogen-bond acceptors (Lipinski definition) is 2. The molecule has 3 N–H and O–H groups in total. The third kappa shape index (κ3) is 3.13. The zero-order valence-electron chi connectivity index (χ0n) is 10.3. The minimum atomic E-state index is -1.21.